The number of rotatable bonds is 7. The lowest BCUT2D eigenvalue weighted by molar-refractivity contribution is -0.152. The Bertz CT molecular complexity index is 1210. The molecule has 1 fully saturated rings. The van der Waals surface area contributed by atoms with Gasteiger partial charge in [-0.15, -0.1) is 11.3 Å². The van der Waals surface area contributed by atoms with Gasteiger partial charge in [0.15, 0.2) is 0 Å². The van der Waals surface area contributed by atoms with Gasteiger partial charge in [0.1, 0.15) is 11.6 Å². The van der Waals surface area contributed by atoms with E-state index in [1.54, 1.807) is 5.38 Å². The van der Waals surface area contributed by atoms with Gasteiger partial charge in [-0.1, -0.05) is 48.5 Å². The van der Waals surface area contributed by atoms with E-state index in [1.165, 1.54) is 27.4 Å². The molecule has 0 unspecified atom stereocenters. The second-order valence-corrected chi connectivity index (χ2v) is 9.36. The molecule has 174 valence electrons. The standard InChI is InChI=1S/C25H23N3O5S/c29-23(28-11-15(12-28)24(30)31)9-16-14-34-22(27-16)10-26-25(32)33-13-21-19-7-3-1-5-17(19)18-6-2-4-8-20(18)21/h1-8,14-15,21H,9-13H2,(H,26,32)(H,30,31). The van der Waals surface area contributed by atoms with Crippen molar-refractivity contribution in [3.05, 3.63) is 75.7 Å². The molecule has 1 aromatic heterocycles. The highest BCUT2D eigenvalue weighted by Crippen LogP contribution is 2.44. The lowest BCUT2D eigenvalue weighted by Gasteiger charge is -2.36. The molecule has 3 aromatic rings. The average molecular weight is 478 g/mol. The van der Waals surface area contributed by atoms with Crippen molar-refractivity contribution in [3.8, 4) is 11.1 Å². The molecule has 0 atom stereocenters. The van der Waals surface area contributed by atoms with Crippen LogP contribution < -0.4 is 5.32 Å². The van der Waals surface area contributed by atoms with Gasteiger partial charge in [0.05, 0.1) is 24.6 Å². The van der Waals surface area contributed by atoms with Gasteiger partial charge in [0, 0.05) is 24.4 Å². The summed E-state index contributed by atoms with van der Waals surface area (Å²) in [4.78, 5) is 41.4. The summed E-state index contributed by atoms with van der Waals surface area (Å²) in [6, 6.07) is 16.3. The quantitative estimate of drug-likeness (QED) is 0.541. The molecule has 0 saturated carbocycles. The summed E-state index contributed by atoms with van der Waals surface area (Å²) in [6.07, 6.45) is -0.400. The first-order chi connectivity index (χ1) is 16.5. The molecule has 34 heavy (non-hydrogen) atoms. The number of carboxylic acid groups (broad SMARTS) is 1. The van der Waals surface area contributed by atoms with Crippen LogP contribution in [0.15, 0.2) is 53.9 Å². The smallest absolute Gasteiger partial charge is 0.407 e. The van der Waals surface area contributed by atoms with Gasteiger partial charge in [-0.05, 0) is 22.3 Å². The number of carboxylic acids is 1. The van der Waals surface area contributed by atoms with Crippen LogP contribution in [0.1, 0.15) is 27.7 Å². The number of nitrogens with zero attached hydrogens (tertiary/aromatic N) is 2. The fourth-order valence-electron chi connectivity index (χ4n) is 4.41. The normalized spacial score (nSPS) is 14.8. The zero-order valence-corrected chi connectivity index (χ0v) is 19.1. The molecular formula is C25H23N3O5S. The number of hydrogen-bond acceptors (Lipinski definition) is 6. The Morgan fingerprint density at radius 1 is 1.06 bits per heavy atom. The zero-order chi connectivity index (χ0) is 23.7. The third-order valence-corrected chi connectivity index (χ3v) is 7.14. The number of benzene rings is 2. The Hall–Kier alpha value is -3.72. The molecule has 0 spiro atoms. The summed E-state index contributed by atoms with van der Waals surface area (Å²) >= 11 is 1.35. The van der Waals surface area contributed by atoms with E-state index >= 15 is 0 Å². The molecular weight excluding hydrogens is 454 g/mol. The van der Waals surface area contributed by atoms with Gasteiger partial charge >= 0.3 is 12.1 Å². The highest BCUT2D eigenvalue weighted by molar-refractivity contribution is 7.09. The largest absolute Gasteiger partial charge is 0.481 e. The molecule has 1 saturated heterocycles. The summed E-state index contributed by atoms with van der Waals surface area (Å²) < 4.78 is 5.53. The second-order valence-electron chi connectivity index (χ2n) is 8.42. The van der Waals surface area contributed by atoms with E-state index < -0.39 is 18.0 Å². The Balaban J connectivity index is 1.11. The van der Waals surface area contributed by atoms with Gasteiger partial charge in [0.2, 0.25) is 5.91 Å². The molecule has 0 bridgehead atoms. The summed E-state index contributed by atoms with van der Waals surface area (Å²) in [5.74, 6) is -1.49. The van der Waals surface area contributed by atoms with Gasteiger partial charge < -0.3 is 20.1 Å². The number of alkyl carbamates (subject to hydrolysis) is 1. The number of thiazole rings is 1. The van der Waals surface area contributed by atoms with Crippen LogP contribution in [0.3, 0.4) is 0 Å². The fraction of sp³-hybridized carbons (Fsp3) is 0.280. The molecule has 2 heterocycles. The lowest BCUT2D eigenvalue weighted by atomic mass is 9.98. The molecule has 2 N–H and O–H groups in total. The maximum Gasteiger partial charge on any atom is 0.407 e. The van der Waals surface area contributed by atoms with Crippen molar-refractivity contribution < 1.29 is 24.2 Å². The number of nitrogens with one attached hydrogen (secondary N) is 1. The first-order valence-corrected chi connectivity index (χ1v) is 11.9. The van der Waals surface area contributed by atoms with Crippen LogP contribution in [-0.4, -0.2) is 52.7 Å². The van der Waals surface area contributed by atoms with Crippen molar-refractivity contribution in [3.63, 3.8) is 0 Å². The van der Waals surface area contributed by atoms with Crippen LogP contribution in [0.25, 0.3) is 11.1 Å². The van der Waals surface area contributed by atoms with Crippen LogP contribution >= 0.6 is 11.3 Å². The van der Waals surface area contributed by atoms with E-state index in [2.05, 4.69) is 34.6 Å². The van der Waals surface area contributed by atoms with E-state index in [1.807, 2.05) is 24.3 Å². The Morgan fingerprint density at radius 3 is 2.35 bits per heavy atom. The van der Waals surface area contributed by atoms with Gasteiger partial charge in [-0.25, -0.2) is 9.78 Å². The predicted molar refractivity (Wildman–Crippen MR) is 125 cm³/mol. The highest BCUT2D eigenvalue weighted by Gasteiger charge is 2.35. The molecule has 8 nitrogen and oxygen atoms in total. The van der Waals surface area contributed by atoms with Gasteiger partial charge in [0.25, 0.3) is 0 Å². The molecule has 2 aromatic carbocycles. The average Bonchev–Trinajstić information content (AvgIpc) is 3.37. The Labute approximate surface area is 200 Å². The van der Waals surface area contributed by atoms with Crippen LogP contribution in [0.4, 0.5) is 4.79 Å². The Kier molecular flexibility index (Phi) is 6.02. The molecule has 2 amide bonds. The first-order valence-electron chi connectivity index (χ1n) is 11.0. The molecule has 2 aliphatic rings. The third kappa shape index (κ3) is 4.38. The number of fused-ring (bicyclic) bond motifs is 3. The van der Waals surface area contributed by atoms with Crippen LogP contribution in [0, 0.1) is 5.92 Å². The molecule has 5 rings (SSSR count). The second kappa shape index (κ2) is 9.26. The van der Waals surface area contributed by atoms with Crippen molar-refractivity contribution in [1.29, 1.82) is 0 Å². The topological polar surface area (TPSA) is 109 Å². The van der Waals surface area contributed by atoms with Crippen molar-refractivity contribution >= 4 is 29.3 Å². The summed E-state index contributed by atoms with van der Waals surface area (Å²) in [6.45, 7) is 0.938. The van der Waals surface area contributed by atoms with Crippen LogP contribution in [0.2, 0.25) is 0 Å². The predicted octanol–water partition coefficient (Wildman–Crippen LogP) is 3.27. The maximum absolute atomic E-state index is 12.3. The SMILES string of the molecule is O=C(NCc1nc(CC(=O)N2CC(C(=O)O)C2)cs1)OCC1c2ccccc2-c2ccccc21. The summed E-state index contributed by atoms with van der Waals surface area (Å²) in [7, 11) is 0. The van der Waals surface area contributed by atoms with E-state index in [0.717, 1.165) is 11.1 Å². The molecule has 1 aliphatic heterocycles. The van der Waals surface area contributed by atoms with E-state index in [0.29, 0.717) is 10.7 Å². The minimum Gasteiger partial charge on any atom is -0.481 e. The van der Waals surface area contributed by atoms with Crippen molar-refractivity contribution in [2.75, 3.05) is 19.7 Å². The minimum atomic E-state index is -0.876. The zero-order valence-electron chi connectivity index (χ0n) is 18.3. The number of aromatic nitrogens is 1. The number of hydrogen-bond donors (Lipinski definition) is 2. The lowest BCUT2D eigenvalue weighted by Crippen LogP contribution is -2.53. The van der Waals surface area contributed by atoms with Crippen LogP contribution in [-0.2, 0) is 27.3 Å². The Morgan fingerprint density at radius 2 is 1.71 bits per heavy atom. The molecule has 0 radical (unpaired) electrons. The van der Waals surface area contributed by atoms with Crippen molar-refractivity contribution in [2.24, 2.45) is 5.92 Å². The monoisotopic (exact) mass is 477 g/mol. The maximum atomic E-state index is 12.3. The number of carbonyl (C=O) groups excluding carboxylic acids is 2. The minimum absolute atomic E-state index is 0.00198. The number of amides is 2. The summed E-state index contributed by atoms with van der Waals surface area (Å²) in [5.41, 5.74) is 5.27. The number of aliphatic carboxylic acids is 1. The van der Waals surface area contributed by atoms with Crippen molar-refractivity contribution in [1.82, 2.24) is 15.2 Å². The van der Waals surface area contributed by atoms with E-state index in [-0.39, 0.29) is 44.5 Å². The fourth-order valence-corrected chi connectivity index (χ4v) is 5.15. The van der Waals surface area contributed by atoms with Gasteiger partial charge in [-0.2, -0.15) is 0 Å². The third-order valence-electron chi connectivity index (χ3n) is 6.24. The number of carbonyl (C=O) groups is 3. The first kappa shape index (κ1) is 22.1. The van der Waals surface area contributed by atoms with E-state index in [4.69, 9.17) is 9.84 Å². The number of ether oxygens (including phenoxy) is 1. The van der Waals surface area contributed by atoms with Crippen LogP contribution in [0.5, 0.6) is 0 Å². The summed E-state index contributed by atoms with van der Waals surface area (Å²) in [5, 5.41) is 14.1. The van der Waals surface area contributed by atoms with Crippen molar-refractivity contribution in [2.45, 2.75) is 18.9 Å². The van der Waals surface area contributed by atoms with E-state index in [9.17, 15) is 14.4 Å². The highest BCUT2D eigenvalue weighted by atomic mass is 32.1. The van der Waals surface area contributed by atoms with Gasteiger partial charge in [-0.3, -0.25) is 9.59 Å². The molecule has 9 heteroatoms. The molecule has 1 aliphatic carbocycles. The number of likely N-dealkylation sites (tertiary alicyclic amines) is 1.